The molecule has 1 saturated carbocycles. The average molecular weight is 309 g/mol. The maximum atomic E-state index is 12.6. The minimum absolute atomic E-state index is 0.0965. The molecule has 0 aliphatic heterocycles. The van der Waals surface area contributed by atoms with Gasteiger partial charge in [0.2, 0.25) is 11.2 Å². The first-order valence-electron chi connectivity index (χ1n) is 6.67. The molecule has 1 heterocycles. The lowest BCUT2D eigenvalue weighted by Crippen LogP contribution is -2.25. The summed E-state index contributed by atoms with van der Waals surface area (Å²) in [7, 11) is 0. The number of alkyl halides is 3. The molecule has 2 unspecified atom stereocenters. The molecule has 112 valence electrons. The monoisotopic (exact) mass is 308 g/mol. The molecule has 0 bridgehead atoms. The summed E-state index contributed by atoms with van der Waals surface area (Å²) in [5, 5.41) is -0.447. The van der Waals surface area contributed by atoms with Crippen LogP contribution in [0.3, 0.4) is 0 Å². The van der Waals surface area contributed by atoms with Gasteiger partial charge < -0.3 is 4.74 Å². The van der Waals surface area contributed by atoms with E-state index in [-0.39, 0.29) is 12.0 Å². The Morgan fingerprint density at radius 1 is 1.35 bits per heavy atom. The second kappa shape index (κ2) is 6.16. The van der Waals surface area contributed by atoms with E-state index in [0.29, 0.717) is 5.92 Å². The minimum Gasteiger partial charge on any atom is -0.474 e. The zero-order valence-electron chi connectivity index (χ0n) is 11.1. The van der Waals surface area contributed by atoms with Crippen molar-refractivity contribution in [1.82, 2.24) is 9.97 Å². The third-order valence-electron chi connectivity index (χ3n) is 3.57. The van der Waals surface area contributed by atoms with Gasteiger partial charge in [-0.2, -0.15) is 18.2 Å². The molecule has 1 aromatic heterocycles. The van der Waals surface area contributed by atoms with Gasteiger partial charge in [0.05, 0.1) is 0 Å². The van der Waals surface area contributed by atoms with E-state index in [1.54, 1.807) is 0 Å². The molecule has 0 amide bonds. The van der Waals surface area contributed by atoms with Crippen LogP contribution in [-0.2, 0) is 6.18 Å². The zero-order chi connectivity index (χ0) is 14.8. The van der Waals surface area contributed by atoms with Crippen LogP contribution in [0.2, 0.25) is 5.28 Å². The van der Waals surface area contributed by atoms with Crippen molar-refractivity contribution in [2.24, 2.45) is 5.92 Å². The molecule has 3 nitrogen and oxygen atoms in total. The molecule has 0 radical (unpaired) electrons. The first kappa shape index (κ1) is 15.4. The predicted molar refractivity (Wildman–Crippen MR) is 68.7 cm³/mol. The van der Waals surface area contributed by atoms with Crippen molar-refractivity contribution in [3.8, 4) is 5.88 Å². The van der Waals surface area contributed by atoms with Crippen molar-refractivity contribution in [3.05, 3.63) is 17.0 Å². The standard InChI is InChI=1S/C13H16ClF3N2O/c1-2-8-4-3-5-9(6-8)20-11-7-10(13(15,16)17)18-12(14)19-11/h7-9H,2-6H2,1H3. The smallest absolute Gasteiger partial charge is 0.433 e. The number of halogens is 4. The van der Waals surface area contributed by atoms with Crippen LogP contribution in [-0.4, -0.2) is 16.1 Å². The first-order valence-corrected chi connectivity index (χ1v) is 7.04. The van der Waals surface area contributed by atoms with Crippen LogP contribution in [0.1, 0.15) is 44.7 Å². The van der Waals surface area contributed by atoms with Gasteiger partial charge in [-0.3, -0.25) is 0 Å². The average Bonchev–Trinajstić information content (AvgIpc) is 2.37. The van der Waals surface area contributed by atoms with E-state index < -0.39 is 17.2 Å². The lowest BCUT2D eigenvalue weighted by Gasteiger charge is -2.28. The van der Waals surface area contributed by atoms with E-state index in [9.17, 15) is 13.2 Å². The Labute approximate surface area is 120 Å². The van der Waals surface area contributed by atoms with Gasteiger partial charge in [-0.15, -0.1) is 0 Å². The van der Waals surface area contributed by atoms with Crippen LogP contribution in [0, 0.1) is 5.92 Å². The fourth-order valence-electron chi connectivity index (χ4n) is 2.49. The highest BCUT2D eigenvalue weighted by molar-refractivity contribution is 6.28. The van der Waals surface area contributed by atoms with Crippen LogP contribution in [0.4, 0.5) is 13.2 Å². The molecule has 7 heteroatoms. The number of nitrogens with zero attached hydrogens (tertiary/aromatic N) is 2. The van der Waals surface area contributed by atoms with E-state index in [1.165, 1.54) is 0 Å². The van der Waals surface area contributed by atoms with E-state index in [2.05, 4.69) is 16.9 Å². The maximum absolute atomic E-state index is 12.6. The molecule has 1 fully saturated rings. The molecule has 20 heavy (non-hydrogen) atoms. The number of aromatic nitrogens is 2. The maximum Gasteiger partial charge on any atom is 0.433 e. The van der Waals surface area contributed by atoms with Crippen LogP contribution in [0.5, 0.6) is 5.88 Å². The Hall–Kier alpha value is -1.04. The quantitative estimate of drug-likeness (QED) is 0.771. The van der Waals surface area contributed by atoms with Crippen molar-refractivity contribution in [2.75, 3.05) is 0 Å². The summed E-state index contributed by atoms with van der Waals surface area (Å²) in [6.07, 6.45) is 0.254. The molecular formula is C13H16ClF3N2O. The Balaban J connectivity index is 2.11. The molecule has 0 saturated heterocycles. The van der Waals surface area contributed by atoms with Gasteiger partial charge in [0.15, 0.2) is 5.69 Å². The van der Waals surface area contributed by atoms with Crippen molar-refractivity contribution in [2.45, 2.75) is 51.3 Å². The number of hydrogen-bond donors (Lipinski definition) is 0. The largest absolute Gasteiger partial charge is 0.474 e. The van der Waals surface area contributed by atoms with E-state index >= 15 is 0 Å². The molecule has 0 N–H and O–H groups in total. The lowest BCUT2D eigenvalue weighted by atomic mass is 9.85. The van der Waals surface area contributed by atoms with Crippen LogP contribution >= 0.6 is 11.6 Å². The number of hydrogen-bond acceptors (Lipinski definition) is 3. The predicted octanol–water partition coefficient (Wildman–Crippen LogP) is 4.50. The molecule has 2 rings (SSSR count). The molecule has 1 aromatic rings. The Kier molecular flexibility index (Phi) is 4.73. The van der Waals surface area contributed by atoms with Crippen LogP contribution in [0.25, 0.3) is 0 Å². The van der Waals surface area contributed by atoms with Crippen LogP contribution < -0.4 is 4.74 Å². The third-order valence-corrected chi connectivity index (χ3v) is 3.73. The fourth-order valence-corrected chi connectivity index (χ4v) is 2.67. The van der Waals surface area contributed by atoms with Gasteiger partial charge >= 0.3 is 6.18 Å². The molecule has 0 aromatic carbocycles. The van der Waals surface area contributed by atoms with Crippen molar-refractivity contribution in [1.29, 1.82) is 0 Å². The summed E-state index contributed by atoms with van der Waals surface area (Å²) < 4.78 is 43.5. The van der Waals surface area contributed by atoms with Gasteiger partial charge in [-0.1, -0.05) is 19.8 Å². The molecule has 1 aliphatic rings. The molecular weight excluding hydrogens is 293 g/mol. The van der Waals surface area contributed by atoms with Gasteiger partial charge in [0.25, 0.3) is 0 Å². The van der Waals surface area contributed by atoms with Crippen molar-refractivity contribution >= 4 is 11.6 Å². The second-order valence-electron chi connectivity index (χ2n) is 5.04. The summed E-state index contributed by atoms with van der Waals surface area (Å²) in [6, 6.07) is 0.807. The van der Waals surface area contributed by atoms with E-state index in [4.69, 9.17) is 16.3 Å². The summed E-state index contributed by atoms with van der Waals surface area (Å²) in [5.74, 6) is 0.465. The van der Waals surface area contributed by atoms with Crippen molar-refractivity contribution < 1.29 is 17.9 Å². The number of ether oxygens (including phenoxy) is 1. The highest BCUT2D eigenvalue weighted by Crippen LogP contribution is 2.32. The first-order chi connectivity index (χ1) is 9.38. The summed E-state index contributed by atoms with van der Waals surface area (Å²) in [6.45, 7) is 2.11. The SMILES string of the molecule is CCC1CCCC(Oc2cc(C(F)(F)F)nc(Cl)n2)C1. The summed E-state index contributed by atoms with van der Waals surface area (Å²) in [5.41, 5.74) is -1.07. The van der Waals surface area contributed by atoms with Gasteiger partial charge in [-0.05, 0) is 36.8 Å². The fraction of sp³-hybridized carbons (Fsp3) is 0.692. The summed E-state index contributed by atoms with van der Waals surface area (Å²) in [4.78, 5) is 6.90. The Bertz CT molecular complexity index is 467. The molecule has 1 aliphatic carbocycles. The minimum atomic E-state index is -4.55. The lowest BCUT2D eigenvalue weighted by molar-refractivity contribution is -0.141. The van der Waals surface area contributed by atoms with E-state index in [1.807, 2.05) is 0 Å². The van der Waals surface area contributed by atoms with Gasteiger partial charge in [0.1, 0.15) is 6.10 Å². The Morgan fingerprint density at radius 2 is 2.10 bits per heavy atom. The second-order valence-corrected chi connectivity index (χ2v) is 5.38. The van der Waals surface area contributed by atoms with Crippen LogP contribution in [0.15, 0.2) is 6.07 Å². The van der Waals surface area contributed by atoms with Gasteiger partial charge in [0, 0.05) is 6.07 Å². The zero-order valence-corrected chi connectivity index (χ0v) is 11.8. The highest BCUT2D eigenvalue weighted by atomic mass is 35.5. The normalized spacial score (nSPS) is 23.6. The Morgan fingerprint density at radius 3 is 2.75 bits per heavy atom. The summed E-state index contributed by atoms with van der Waals surface area (Å²) >= 11 is 5.53. The van der Waals surface area contributed by atoms with E-state index in [0.717, 1.165) is 38.2 Å². The molecule has 0 spiro atoms. The highest BCUT2D eigenvalue weighted by Gasteiger charge is 2.34. The van der Waals surface area contributed by atoms with Crippen molar-refractivity contribution in [3.63, 3.8) is 0 Å². The third kappa shape index (κ3) is 3.98. The topological polar surface area (TPSA) is 35.0 Å². The van der Waals surface area contributed by atoms with Gasteiger partial charge in [-0.25, -0.2) is 4.98 Å². The molecule has 2 atom stereocenters. The number of rotatable bonds is 3.